The highest BCUT2D eigenvalue weighted by molar-refractivity contribution is 7.09. The normalized spacial score (nSPS) is 12.4. The first-order chi connectivity index (χ1) is 8.63. The summed E-state index contributed by atoms with van der Waals surface area (Å²) in [6.45, 7) is 2.04. The van der Waals surface area contributed by atoms with Crippen LogP contribution in [0.15, 0.2) is 22.6 Å². The van der Waals surface area contributed by atoms with Crippen molar-refractivity contribution in [2.24, 2.45) is 7.05 Å². The predicted molar refractivity (Wildman–Crippen MR) is 73.3 cm³/mol. The van der Waals surface area contributed by atoms with Gasteiger partial charge in [0.2, 0.25) is 0 Å². The van der Waals surface area contributed by atoms with Gasteiger partial charge in [0.15, 0.2) is 0 Å². The van der Waals surface area contributed by atoms with Gasteiger partial charge in [-0.2, -0.15) is 5.10 Å². The molecule has 96 valence electrons. The number of thiazole rings is 1. The van der Waals surface area contributed by atoms with Crippen LogP contribution in [-0.4, -0.2) is 14.8 Å². The van der Waals surface area contributed by atoms with E-state index in [-0.39, 0.29) is 16.6 Å². The van der Waals surface area contributed by atoms with Crippen LogP contribution in [0.3, 0.4) is 0 Å². The molecule has 0 aliphatic heterocycles. The molecule has 0 spiro atoms. The second kappa shape index (κ2) is 5.49. The lowest BCUT2D eigenvalue weighted by Crippen LogP contribution is -2.22. The summed E-state index contributed by atoms with van der Waals surface area (Å²) < 4.78 is 1.21. The van der Waals surface area contributed by atoms with Crippen LogP contribution in [0, 0.1) is 0 Å². The van der Waals surface area contributed by atoms with Gasteiger partial charge in [-0.15, -0.1) is 11.3 Å². The molecule has 5 nitrogen and oxygen atoms in total. The molecule has 2 aromatic rings. The van der Waals surface area contributed by atoms with Crippen molar-refractivity contribution < 1.29 is 0 Å². The molecule has 2 rings (SSSR count). The van der Waals surface area contributed by atoms with Gasteiger partial charge in [0.1, 0.15) is 10.0 Å². The minimum absolute atomic E-state index is 0.0383. The molecule has 18 heavy (non-hydrogen) atoms. The SMILES string of the molecule is CCC(Nc1cnn(C)c(=O)c1Cl)c1nccs1. The summed E-state index contributed by atoms with van der Waals surface area (Å²) in [5, 5.41) is 10.2. The van der Waals surface area contributed by atoms with Gasteiger partial charge in [-0.25, -0.2) is 9.67 Å². The van der Waals surface area contributed by atoms with Gasteiger partial charge in [-0.05, 0) is 6.42 Å². The Morgan fingerprint density at radius 2 is 2.39 bits per heavy atom. The van der Waals surface area contributed by atoms with Gasteiger partial charge < -0.3 is 5.32 Å². The van der Waals surface area contributed by atoms with Crippen LogP contribution in [0.4, 0.5) is 5.69 Å². The smallest absolute Gasteiger partial charge is 0.287 e. The zero-order valence-electron chi connectivity index (χ0n) is 10.1. The van der Waals surface area contributed by atoms with Gasteiger partial charge in [0.25, 0.3) is 5.56 Å². The maximum absolute atomic E-state index is 11.7. The van der Waals surface area contributed by atoms with Crippen LogP contribution in [0.5, 0.6) is 0 Å². The predicted octanol–water partition coefficient (Wildman–Crippen LogP) is 2.45. The van der Waals surface area contributed by atoms with E-state index in [1.165, 1.54) is 4.68 Å². The Balaban J connectivity index is 2.28. The fraction of sp³-hybridized carbons (Fsp3) is 0.364. The van der Waals surface area contributed by atoms with Crippen LogP contribution in [0.25, 0.3) is 0 Å². The van der Waals surface area contributed by atoms with Crippen LogP contribution >= 0.6 is 22.9 Å². The van der Waals surface area contributed by atoms with Crippen LogP contribution in [0.2, 0.25) is 5.02 Å². The summed E-state index contributed by atoms with van der Waals surface area (Å²) in [6.07, 6.45) is 4.16. The first-order valence-corrected chi connectivity index (χ1v) is 6.77. The summed E-state index contributed by atoms with van der Waals surface area (Å²) >= 11 is 7.58. The van der Waals surface area contributed by atoms with Crippen molar-refractivity contribution in [2.45, 2.75) is 19.4 Å². The summed E-state index contributed by atoms with van der Waals surface area (Å²) in [7, 11) is 1.57. The van der Waals surface area contributed by atoms with E-state index in [0.29, 0.717) is 5.69 Å². The minimum Gasteiger partial charge on any atom is -0.373 e. The molecule has 1 N–H and O–H groups in total. The van der Waals surface area contributed by atoms with Crippen molar-refractivity contribution in [1.29, 1.82) is 0 Å². The molecule has 0 saturated carbocycles. The van der Waals surface area contributed by atoms with E-state index in [2.05, 4.69) is 15.4 Å². The molecule has 2 heterocycles. The lowest BCUT2D eigenvalue weighted by atomic mass is 10.2. The summed E-state index contributed by atoms with van der Waals surface area (Å²) in [5.74, 6) is 0. The Hall–Kier alpha value is -1.40. The van der Waals surface area contributed by atoms with Gasteiger partial charge >= 0.3 is 0 Å². The highest BCUT2D eigenvalue weighted by Gasteiger charge is 2.15. The Morgan fingerprint density at radius 3 is 3.00 bits per heavy atom. The fourth-order valence-electron chi connectivity index (χ4n) is 1.54. The third-order valence-electron chi connectivity index (χ3n) is 2.57. The number of hydrogen-bond donors (Lipinski definition) is 1. The molecule has 2 aromatic heterocycles. The number of rotatable bonds is 4. The largest absolute Gasteiger partial charge is 0.373 e. The second-order valence-electron chi connectivity index (χ2n) is 3.78. The number of halogens is 1. The molecule has 0 amide bonds. The van der Waals surface area contributed by atoms with Crippen LogP contribution in [0.1, 0.15) is 24.4 Å². The monoisotopic (exact) mass is 284 g/mol. The quantitative estimate of drug-likeness (QED) is 0.937. The second-order valence-corrected chi connectivity index (χ2v) is 5.08. The van der Waals surface area contributed by atoms with E-state index < -0.39 is 0 Å². The lowest BCUT2D eigenvalue weighted by molar-refractivity contribution is 0.699. The third-order valence-corrected chi connectivity index (χ3v) is 3.82. The minimum atomic E-state index is -0.310. The highest BCUT2D eigenvalue weighted by atomic mass is 35.5. The Kier molecular flexibility index (Phi) is 3.98. The average Bonchev–Trinajstić information content (AvgIpc) is 2.89. The van der Waals surface area contributed by atoms with E-state index in [1.54, 1.807) is 30.8 Å². The number of nitrogens with zero attached hydrogens (tertiary/aromatic N) is 3. The van der Waals surface area contributed by atoms with Crippen molar-refractivity contribution in [3.63, 3.8) is 0 Å². The van der Waals surface area contributed by atoms with Gasteiger partial charge in [-0.1, -0.05) is 18.5 Å². The molecule has 0 aliphatic carbocycles. The summed E-state index contributed by atoms with van der Waals surface area (Å²) in [5.41, 5.74) is 0.234. The summed E-state index contributed by atoms with van der Waals surface area (Å²) in [4.78, 5) is 15.9. The topological polar surface area (TPSA) is 59.8 Å². The molecule has 1 atom stereocenters. The molecule has 0 fully saturated rings. The van der Waals surface area contributed by atoms with E-state index in [4.69, 9.17) is 11.6 Å². The zero-order chi connectivity index (χ0) is 13.1. The molecule has 1 unspecified atom stereocenters. The standard InChI is InChI=1S/C11H13ClN4OS/c1-3-7(10-13-4-5-18-10)15-8-6-14-16(2)11(17)9(8)12/h4-7,15H,3H2,1-2H3. The van der Waals surface area contributed by atoms with Crippen LogP contribution in [-0.2, 0) is 7.05 Å². The number of aryl methyl sites for hydroxylation is 1. The zero-order valence-corrected chi connectivity index (χ0v) is 11.6. The molecule has 0 saturated heterocycles. The number of hydrogen-bond acceptors (Lipinski definition) is 5. The molecule has 0 bridgehead atoms. The fourth-order valence-corrected chi connectivity index (χ4v) is 2.54. The Morgan fingerprint density at radius 1 is 1.61 bits per heavy atom. The van der Waals surface area contributed by atoms with Crippen molar-refractivity contribution in [1.82, 2.24) is 14.8 Å². The van der Waals surface area contributed by atoms with Crippen molar-refractivity contribution in [3.05, 3.63) is 38.2 Å². The molecule has 0 aliphatic rings. The molecule has 0 radical (unpaired) electrons. The van der Waals surface area contributed by atoms with E-state index in [1.807, 2.05) is 12.3 Å². The van der Waals surface area contributed by atoms with E-state index in [0.717, 1.165) is 11.4 Å². The molecular formula is C11H13ClN4OS. The maximum Gasteiger partial charge on any atom is 0.287 e. The number of aromatic nitrogens is 3. The molecular weight excluding hydrogens is 272 g/mol. The van der Waals surface area contributed by atoms with Gasteiger partial charge in [0, 0.05) is 18.6 Å². The number of anilines is 1. The molecule has 0 aromatic carbocycles. The average molecular weight is 285 g/mol. The first-order valence-electron chi connectivity index (χ1n) is 5.51. The molecule has 7 heteroatoms. The summed E-state index contributed by atoms with van der Waals surface area (Å²) in [6, 6.07) is 0.0383. The lowest BCUT2D eigenvalue weighted by Gasteiger charge is -2.16. The maximum atomic E-state index is 11.7. The number of nitrogens with one attached hydrogen (secondary N) is 1. The van der Waals surface area contributed by atoms with Gasteiger partial charge in [0.05, 0.1) is 17.9 Å². The first kappa shape index (κ1) is 13.0. The Labute approximate surface area is 113 Å². The van der Waals surface area contributed by atoms with E-state index in [9.17, 15) is 4.79 Å². The third kappa shape index (κ3) is 2.54. The van der Waals surface area contributed by atoms with Crippen molar-refractivity contribution in [3.8, 4) is 0 Å². The highest BCUT2D eigenvalue weighted by Crippen LogP contribution is 2.26. The Bertz CT molecular complexity index is 581. The van der Waals surface area contributed by atoms with Gasteiger partial charge in [-0.3, -0.25) is 4.79 Å². The van der Waals surface area contributed by atoms with Crippen molar-refractivity contribution in [2.75, 3.05) is 5.32 Å². The van der Waals surface area contributed by atoms with Crippen LogP contribution < -0.4 is 10.9 Å². The van der Waals surface area contributed by atoms with Crippen molar-refractivity contribution >= 4 is 28.6 Å². The van der Waals surface area contributed by atoms with E-state index >= 15 is 0 Å².